The van der Waals surface area contributed by atoms with Gasteiger partial charge in [-0.05, 0) is 13.8 Å². The van der Waals surface area contributed by atoms with Gasteiger partial charge in [0.25, 0.3) is 6.43 Å². The van der Waals surface area contributed by atoms with Gasteiger partial charge in [0, 0.05) is 6.61 Å². The number of hydrogen-bond acceptors (Lipinski definition) is 2. The lowest BCUT2D eigenvalue weighted by atomic mass is 10.1. The Kier molecular flexibility index (Phi) is 3.75. The molecule has 62 valence electrons. The van der Waals surface area contributed by atoms with E-state index in [2.05, 4.69) is 0 Å². The minimum Gasteiger partial charge on any atom is -0.380 e. The molecule has 0 radical (unpaired) electrons. The van der Waals surface area contributed by atoms with Crippen LogP contribution in [0, 0.1) is 0 Å². The van der Waals surface area contributed by atoms with Gasteiger partial charge in [-0.1, -0.05) is 0 Å². The van der Waals surface area contributed by atoms with Gasteiger partial charge in [0.2, 0.25) is 0 Å². The highest BCUT2D eigenvalue weighted by Gasteiger charge is 2.30. The normalized spacial score (nSPS) is 17.4. The maximum Gasteiger partial charge on any atom is 0.258 e. The van der Waals surface area contributed by atoms with E-state index in [1.807, 2.05) is 0 Å². The summed E-state index contributed by atoms with van der Waals surface area (Å²) in [4.78, 5) is 0. The van der Waals surface area contributed by atoms with Crippen LogP contribution in [0.5, 0.6) is 0 Å². The molecule has 0 saturated heterocycles. The molecule has 0 amide bonds. The Morgan fingerprint density at radius 1 is 1.60 bits per heavy atom. The van der Waals surface area contributed by atoms with Gasteiger partial charge in [0.15, 0.2) is 0 Å². The van der Waals surface area contributed by atoms with Crippen LogP contribution in [0.4, 0.5) is 8.78 Å². The van der Waals surface area contributed by atoms with E-state index in [-0.39, 0.29) is 6.61 Å². The van der Waals surface area contributed by atoms with Gasteiger partial charge in [-0.2, -0.15) is 0 Å². The summed E-state index contributed by atoms with van der Waals surface area (Å²) in [6.45, 7) is 3.33. The van der Waals surface area contributed by atoms with Crippen molar-refractivity contribution in [3.05, 3.63) is 0 Å². The van der Waals surface area contributed by atoms with E-state index < -0.39 is 12.0 Å². The van der Waals surface area contributed by atoms with Gasteiger partial charge in [-0.3, -0.25) is 0 Å². The molecular formula is C6H13F2NO. The Morgan fingerprint density at radius 2 is 2.10 bits per heavy atom. The maximum absolute atomic E-state index is 11.9. The molecule has 0 fully saturated rings. The predicted octanol–water partition coefficient (Wildman–Crippen LogP) is 1.01. The molecule has 0 aromatic carbocycles. The first kappa shape index (κ1) is 9.78. The molecule has 2 nitrogen and oxygen atoms in total. The van der Waals surface area contributed by atoms with Crippen molar-refractivity contribution in [2.45, 2.75) is 25.8 Å². The van der Waals surface area contributed by atoms with Crippen LogP contribution in [0.3, 0.4) is 0 Å². The molecular weight excluding hydrogens is 140 g/mol. The van der Waals surface area contributed by atoms with Gasteiger partial charge in [-0.25, -0.2) is 8.78 Å². The average molecular weight is 153 g/mol. The molecule has 0 saturated carbocycles. The van der Waals surface area contributed by atoms with Gasteiger partial charge in [0.1, 0.15) is 0 Å². The van der Waals surface area contributed by atoms with Crippen molar-refractivity contribution in [1.29, 1.82) is 0 Å². The fourth-order valence-corrected chi connectivity index (χ4v) is 0.385. The van der Waals surface area contributed by atoms with E-state index in [9.17, 15) is 8.78 Å². The minimum absolute atomic E-state index is 0.0961. The molecule has 0 aliphatic heterocycles. The minimum atomic E-state index is -2.53. The number of ether oxygens (including phenoxy) is 1. The van der Waals surface area contributed by atoms with Crippen LogP contribution in [0.25, 0.3) is 0 Å². The van der Waals surface area contributed by atoms with Crippen LogP contribution >= 0.6 is 0 Å². The van der Waals surface area contributed by atoms with Crippen molar-refractivity contribution in [3.63, 3.8) is 0 Å². The number of nitrogens with two attached hydrogens (primary N) is 1. The summed E-state index contributed by atoms with van der Waals surface area (Å²) in [5.41, 5.74) is 3.67. The van der Waals surface area contributed by atoms with Crippen molar-refractivity contribution in [2.75, 3.05) is 13.2 Å². The quantitative estimate of drug-likeness (QED) is 0.654. The third-order valence-corrected chi connectivity index (χ3v) is 1.12. The number of rotatable bonds is 4. The van der Waals surface area contributed by atoms with Crippen molar-refractivity contribution in [2.24, 2.45) is 5.73 Å². The molecule has 0 heterocycles. The van der Waals surface area contributed by atoms with Gasteiger partial charge in [0.05, 0.1) is 12.1 Å². The molecule has 0 aromatic rings. The fourth-order valence-electron chi connectivity index (χ4n) is 0.385. The second kappa shape index (κ2) is 3.83. The van der Waals surface area contributed by atoms with Crippen LogP contribution in [0.2, 0.25) is 0 Å². The second-order valence-corrected chi connectivity index (χ2v) is 2.44. The molecule has 0 aliphatic rings. The zero-order valence-corrected chi connectivity index (χ0v) is 6.23. The lowest BCUT2D eigenvalue weighted by Crippen LogP contribution is -2.48. The highest BCUT2D eigenvalue weighted by atomic mass is 19.3. The molecule has 0 aromatic heterocycles. The summed E-state index contributed by atoms with van der Waals surface area (Å²) in [5.74, 6) is 0. The Morgan fingerprint density at radius 3 is 2.40 bits per heavy atom. The Bertz CT molecular complexity index is 95.7. The number of hydrogen-bond donors (Lipinski definition) is 1. The van der Waals surface area contributed by atoms with Crippen LogP contribution < -0.4 is 5.73 Å². The fraction of sp³-hybridized carbons (Fsp3) is 1.00. The topological polar surface area (TPSA) is 35.2 Å². The van der Waals surface area contributed by atoms with E-state index in [0.29, 0.717) is 6.61 Å². The third-order valence-electron chi connectivity index (χ3n) is 1.12. The average Bonchev–Trinajstić information content (AvgIpc) is 1.84. The SMILES string of the molecule is CCOCC(C)(N)C(F)F. The standard InChI is InChI=1S/C6H13F2NO/c1-3-10-4-6(2,9)5(7)8/h5H,3-4,9H2,1-2H3. The Labute approximate surface area is 59.3 Å². The smallest absolute Gasteiger partial charge is 0.258 e. The zero-order chi connectivity index (χ0) is 8.20. The first-order valence-electron chi connectivity index (χ1n) is 3.15. The van der Waals surface area contributed by atoms with Gasteiger partial charge in [-0.15, -0.1) is 0 Å². The van der Waals surface area contributed by atoms with E-state index in [0.717, 1.165) is 0 Å². The second-order valence-electron chi connectivity index (χ2n) is 2.44. The molecule has 4 heteroatoms. The predicted molar refractivity (Wildman–Crippen MR) is 35.1 cm³/mol. The third kappa shape index (κ3) is 3.08. The first-order chi connectivity index (χ1) is 4.50. The summed E-state index contributed by atoms with van der Waals surface area (Å²) in [6.07, 6.45) is -2.53. The monoisotopic (exact) mass is 153 g/mol. The number of halogens is 2. The molecule has 10 heavy (non-hydrogen) atoms. The zero-order valence-electron chi connectivity index (χ0n) is 6.23. The largest absolute Gasteiger partial charge is 0.380 e. The molecule has 0 aliphatic carbocycles. The van der Waals surface area contributed by atoms with Crippen molar-refractivity contribution < 1.29 is 13.5 Å². The maximum atomic E-state index is 11.9. The van der Waals surface area contributed by atoms with E-state index >= 15 is 0 Å². The summed E-state index contributed by atoms with van der Waals surface area (Å²) in [7, 11) is 0. The highest BCUT2D eigenvalue weighted by molar-refractivity contribution is 4.80. The lowest BCUT2D eigenvalue weighted by Gasteiger charge is -2.22. The summed E-state index contributed by atoms with van der Waals surface area (Å²) >= 11 is 0. The van der Waals surface area contributed by atoms with Crippen molar-refractivity contribution in [1.82, 2.24) is 0 Å². The molecule has 0 rings (SSSR count). The highest BCUT2D eigenvalue weighted by Crippen LogP contribution is 2.11. The Hall–Kier alpha value is -0.220. The number of alkyl halides is 2. The lowest BCUT2D eigenvalue weighted by molar-refractivity contribution is 0.00134. The molecule has 0 bridgehead atoms. The van der Waals surface area contributed by atoms with Crippen LogP contribution in [0.1, 0.15) is 13.8 Å². The molecule has 1 atom stereocenters. The summed E-state index contributed by atoms with van der Waals surface area (Å²) in [5, 5.41) is 0. The molecule has 1 unspecified atom stereocenters. The van der Waals surface area contributed by atoms with Gasteiger partial charge < -0.3 is 10.5 Å². The van der Waals surface area contributed by atoms with Crippen LogP contribution in [-0.4, -0.2) is 25.2 Å². The van der Waals surface area contributed by atoms with E-state index in [1.54, 1.807) is 6.92 Å². The molecule has 2 N–H and O–H groups in total. The van der Waals surface area contributed by atoms with Crippen LogP contribution in [-0.2, 0) is 4.74 Å². The Balaban J connectivity index is 3.63. The summed E-state index contributed by atoms with van der Waals surface area (Å²) < 4.78 is 28.6. The van der Waals surface area contributed by atoms with Crippen molar-refractivity contribution >= 4 is 0 Å². The van der Waals surface area contributed by atoms with Crippen molar-refractivity contribution in [3.8, 4) is 0 Å². The molecule has 0 spiro atoms. The first-order valence-corrected chi connectivity index (χ1v) is 3.15. The van der Waals surface area contributed by atoms with E-state index in [1.165, 1.54) is 6.92 Å². The van der Waals surface area contributed by atoms with Gasteiger partial charge >= 0.3 is 0 Å². The van der Waals surface area contributed by atoms with Crippen LogP contribution in [0.15, 0.2) is 0 Å². The summed E-state index contributed by atoms with van der Waals surface area (Å²) in [6, 6.07) is 0. The van der Waals surface area contributed by atoms with E-state index in [4.69, 9.17) is 10.5 Å².